The second-order valence-electron chi connectivity index (χ2n) is 4.98. The van der Waals surface area contributed by atoms with Crippen molar-refractivity contribution in [2.75, 3.05) is 13.7 Å². The fourth-order valence-electron chi connectivity index (χ4n) is 1.95. The van der Waals surface area contributed by atoms with E-state index < -0.39 is 6.04 Å². The van der Waals surface area contributed by atoms with Crippen molar-refractivity contribution in [1.82, 2.24) is 5.32 Å². The van der Waals surface area contributed by atoms with Crippen molar-refractivity contribution in [2.45, 2.75) is 38.3 Å². The first kappa shape index (κ1) is 17.0. The van der Waals surface area contributed by atoms with Gasteiger partial charge in [0.25, 0.3) is 0 Å². The molecule has 0 aliphatic carbocycles. The van der Waals surface area contributed by atoms with Crippen LogP contribution in [0.2, 0.25) is 5.02 Å². The average Bonchev–Trinajstić information content (AvgIpc) is 2.41. The second kappa shape index (κ2) is 8.95. The summed E-state index contributed by atoms with van der Waals surface area (Å²) >= 11 is 5.84. The van der Waals surface area contributed by atoms with Crippen LogP contribution in [0.25, 0.3) is 0 Å². The molecule has 0 saturated heterocycles. The Morgan fingerprint density at radius 2 is 2.05 bits per heavy atom. The zero-order valence-electron chi connectivity index (χ0n) is 12.1. The third kappa shape index (κ3) is 6.37. The minimum atomic E-state index is -0.474. The first-order chi connectivity index (χ1) is 9.52. The van der Waals surface area contributed by atoms with Crippen LogP contribution in [0.1, 0.15) is 25.3 Å². The van der Waals surface area contributed by atoms with Crippen LogP contribution in [0.5, 0.6) is 0 Å². The van der Waals surface area contributed by atoms with Gasteiger partial charge in [-0.15, -0.1) is 0 Å². The van der Waals surface area contributed by atoms with Crippen molar-refractivity contribution in [3.63, 3.8) is 0 Å². The summed E-state index contributed by atoms with van der Waals surface area (Å²) < 4.78 is 4.94. The number of amides is 1. The van der Waals surface area contributed by atoms with E-state index in [9.17, 15) is 4.79 Å². The molecule has 0 bridgehead atoms. The van der Waals surface area contributed by atoms with Crippen molar-refractivity contribution in [3.05, 3.63) is 34.9 Å². The zero-order valence-corrected chi connectivity index (χ0v) is 12.8. The Kier molecular flexibility index (Phi) is 7.59. The van der Waals surface area contributed by atoms with E-state index in [1.54, 1.807) is 7.11 Å². The van der Waals surface area contributed by atoms with Crippen LogP contribution in [0.4, 0.5) is 0 Å². The number of halogens is 1. The van der Waals surface area contributed by atoms with Crippen LogP contribution in [0, 0.1) is 0 Å². The summed E-state index contributed by atoms with van der Waals surface area (Å²) in [5.41, 5.74) is 6.97. The van der Waals surface area contributed by atoms with Crippen LogP contribution in [-0.4, -0.2) is 31.7 Å². The molecule has 3 N–H and O–H groups in total. The van der Waals surface area contributed by atoms with Crippen molar-refractivity contribution >= 4 is 17.5 Å². The molecule has 0 spiro atoms. The van der Waals surface area contributed by atoms with Crippen LogP contribution < -0.4 is 11.1 Å². The van der Waals surface area contributed by atoms with Crippen molar-refractivity contribution in [2.24, 2.45) is 5.73 Å². The SMILES string of the molecule is COCCCC(N)C(=O)NC(C)Cc1ccc(Cl)cc1. The van der Waals surface area contributed by atoms with Gasteiger partial charge in [0.1, 0.15) is 0 Å². The Hall–Kier alpha value is -1.10. The number of benzene rings is 1. The van der Waals surface area contributed by atoms with Crippen LogP contribution in [0.3, 0.4) is 0 Å². The van der Waals surface area contributed by atoms with E-state index in [0.29, 0.717) is 18.1 Å². The predicted octanol–water partition coefficient (Wildman–Crippen LogP) is 2.14. The van der Waals surface area contributed by atoms with E-state index in [-0.39, 0.29) is 11.9 Å². The maximum atomic E-state index is 11.9. The monoisotopic (exact) mass is 298 g/mol. The molecule has 1 amide bonds. The smallest absolute Gasteiger partial charge is 0.237 e. The molecule has 0 saturated carbocycles. The van der Waals surface area contributed by atoms with Gasteiger partial charge in [0, 0.05) is 24.8 Å². The van der Waals surface area contributed by atoms with E-state index >= 15 is 0 Å². The lowest BCUT2D eigenvalue weighted by Crippen LogP contribution is -2.45. The second-order valence-corrected chi connectivity index (χ2v) is 5.42. The summed E-state index contributed by atoms with van der Waals surface area (Å²) in [5.74, 6) is -0.109. The normalized spacial score (nSPS) is 13.8. The lowest BCUT2D eigenvalue weighted by Gasteiger charge is -2.17. The van der Waals surface area contributed by atoms with Gasteiger partial charge in [0.15, 0.2) is 0 Å². The summed E-state index contributed by atoms with van der Waals surface area (Å²) in [7, 11) is 1.64. The number of ether oxygens (including phenoxy) is 1. The molecule has 2 atom stereocenters. The van der Waals surface area contributed by atoms with Gasteiger partial charge >= 0.3 is 0 Å². The molecule has 112 valence electrons. The molecule has 0 heterocycles. The highest BCUT2D eigenvalue weighted by Crippen LogP contribution is 2.11. The summed E-state index contributed by atoms with van der Waals surface area (Å²) in [6.07, 6.45) is 2.18. The van der Waals surface area contributed by atoms with Crippen molar-refractivity contribution < 1.29 is 9.53 Å². The molecule has 0 aromatic heterocycles. The first-order valence-electron chi connectivity index (χ1n) is 6.82. The number of carbonyl (C=O) groups is 1. The van der Waals surface area contributed by atoms with Gasteiger partial charge in [-0.1, -0.05) is 23.7 Å². The van der Waals surface area contributed by atoms with Gasteiger partial charge in [0.05, 0.1) is 6.04 Å². The topological polar surface area (TPSA) is 64.3 Å². The molecule has 0 aliphatic heterocycles. The number of nitrogens with one attached hydrogen (secondary N) is 1. The van der Waals surface area contributed by atoms with Crippen LogP contribution >= 0.6 is 11.6 Å². The largest absolute Gasteiger partial charge is 0.385 e. The lowest BCUT2D eigenvalue weighted by molar-refractivity contribution is -0.123. The molecule has 1 aromatic rings. The number of hydrogen-bond donors (Lipinski definition) is 2. The highest BCUT2D eigenvalue weighted by molar-refractivity contribution is 6.30. The number of methoxy groups -OCH3 is 1. The molecule has 5 heteroatoms. The summed E-state index contributed by atoms with van der Waals surface area (Å²) in [6.45, 7) is 2.59. The summed E-state index contributed by atoms with van der Waals surface area (Å²) in [4.78, 5) is 11.9. The van der Waals surface area contributed by atoms with Gasteiger partial charge in [-0.3, -0.25) is 4.79 Å². The summed E-state index contributed by atoms with van der Waals surface area (Å²) in [6, 6.07) is 7.19. The molecule has 0 radical (unpaired) electrons. The number of hydrogen-bond acceptors (Lipinski definition) is 3. The van der Waals surface area contributed by atoms with Gasteiger partial charge in [-0.2, -0.15) is 0 Å². The molecule has 20 heavy (non-hydrogen) atoms. The fourth-order valence-corrected chi connectivity index (χ4v) is 2.08. The van der Waals surface area contributed by atoms with E-state index in [0.717, 1.165) is 18.4 Å². The van der Waals surface area contributed by atoms with Gasteiger partial charge in [-0.25, -0.2) is 0 Å². The van der Waals surface area contributed by atoms with E-state index in [2.05, 4.69) is 5.32 Å². The van der Waals surface area contributed by atoms with Crippen LogP contribution in [0.15, 0.2) is 24.3 Å². The molecular formula is C15H23ClN2O2. The minimum absolute atomic E-state index is 0.0390. The molecule has 2 unspecified atom stereocenters. The molecule has 1 rings (SSSR count). The number of nitrogens with two attached hydrogens (primary N) is 1. The van der Waals surface area contributed by atoms with Gasteiger partial charge in [-0.05, 0) is 43.9 Å². The van der Waals surface area contributed by atoms with Crippen molar-refractivity contribution in [3.8, 4) is 0 Å². The van der Waals surface area contributed by atoms with Crippen molar-refractivity contribution in [1.29, 1.82) is 0 Å². The average molecular weight is 299 g/mol. The standard InChI is InChI=1S/C15H23ClN2O2/c1-11(10-12-5-7-13(16)8-6-12)18-15(19)14(17)4-3-9-20-2/h5-8,11,14H,3-4,9-10,17H2,1-2H3,(H,18,19). The fraction of sp³-hybridized carbons (Fsp3) is 0.533. The maximum Gasteiger partial charge on any atom is 0.237 e. The Labute approximate surface area is 125 Å². The predicted molar refractivity (Wildman–Crippen MR) is 81.8 cm³/mol. The third-order valence-corrected chi connectivity index (χ3v) is 3.30. The van der Waals surface area contributed by atoms with E-state index in [1.807, 2.05) is 31.2 Å². The highest BCUT2D eigenvalue weighted by Gasteiger charge is 2.15. The molecule has 4 nitrogen and oxygen atoms in total. The highest BCUT2D eigenvalue weighted by atomic mass is 35.5. The Morgan fingerprint density at radius 3 is 2.65 bits per heavy atom. The third-order valence-electron chi connectivity index (χ3n) is 3.04. The molecule has 0 aliphatic rings. The van der Waals surface area contributed by atoms with E-state index in [1.165, 1.54) is 0 Å². The van der Waals surface area contributed by atoms with Crippen LogP contribution in [-0.2, 0) is 16.0 Å². The molecule has 0 fully saturated rings. The summed E-state index contributed by atoms with van der Waals surface area (Å²) in [5, 5.41) is 3.65. The Balaban J connectivity index is 2.35. The van der Waals surface area contributed by atoms with Gasteiger partial charge < -0.3 is 15.8 Å². The van der Waals surface area contributed by atoms with E-state index in [4.69, 9.17) is 22.1 Å². The number of carbonyl (C=O) groups excluding carboxylic acids is 1. The first-order valence-corrected chi connectivity index (χ1v) is 7.20. The zero-order chi connectivity index (χ0) is 15.0. The maximum absolute atomic E-state index is 11.9. The Morgan fingerprint density at radius 1 is 1.40 bits per heavy atom. The quantitative estimate of drug-likeness (QED) is 0.723. The minimum Gasteiger partial charge on any atom is -0.385 e. The Bertz CT molecular complexity index is 409. The van der Waals surface area contributed by atoms with Gasteiger partial charge in [0.2, 0.25) is 5.91 Å². The molecule has 1 aromatic carbocycles. The lowest BCUT2D eigenvalue weighted by atomic mass is 10.1. The number of rotatable bonds is 8. The molecular weight excluding hydrogens is 276 g/mol.